The lowest BCUT2D eigenvalue weighted by Gasteiger charge is -2.16. The lowest BCUT2D eigenvalue weighted by Crippen LogP contribution is -2.23. The Morgan fingerprint density at radius 2 is 2.08 bits per heavy atom. The number of rotatable bonds is 2. The predicted molar refractivity (Wildman–Crippen MR) is 54.4 cm³/mol. The number of hydrogen-bond acceptors (Lipinski definition) is 3. The molecule has 13 heavy (non-hydrogen) atoms. The fourth-order valence-corrected chi connectivity index (χ4v) is 1.44. The Morgan fingerprint density at radius 1 is 1.46 bits per heavy atom. The molecule has 72 valence electrons. The number of para-hydroxylation sites is 1. The largest absolute Gasteiger partial charge is 0.506 e. The lowest BCUT2D eigenvalue weighted by molar-refractivity contribution is 0.163. The van der Waals surface area contributed by atoms with Crippen molar-refractivity contribution >= 4 is 15.9 Å². The molecule has 0 heterocycles. The third kappa shape index (κ3) is 2.21. The Kier molecular flexibility index (Phi) is 3.30. The molecule has 0 bridgehead atoms. The number of phenols is 1. The molecule has 0 saturated heterocycles. The first-order valence-corrected chi connectivity index (χ1v) is 4.74. The summed E-state index contributed by atoms with van der Waals surface area (Å²) in [6.07, 6.45) is -0.680. The molecule has 0 amide bonds. The van der Waals surface area contributed by atoms with Gasteiger partial charge in [-0.1, -0.05) is 12.1 Å². The third-order valence-corrected chi connectivity index (χ3v) is 2.54. The molecular weight excluding hydrogens is 234 g/mol. The van der Waals surface area contributed by atoms with Crippen LogP contribution < -0.4 is 5.73 Å². The highest BCUT2D eigenvalue weighted by atomic mass is 79.9. The van der Waals surface area contributed by atoms with Gasteiger partial charge in [-0.2, -0.15) is 0 Å². The summed E-state index contributed by atoms with van der Waals surface area (Å²) in [6, 6.07) is 4.62. The van der Waals surface area contributed by atoms with E-state index in [0.29, 0.717) is 10.0 Å². The number of benzene rings is 1. The van der Waals surface area contributed by atoms with Crippen LogP contribution in [0.4, 0.5) is 0 Å². The van der Waals surface area contributed by atoms with Crippen molar-refractivity contribution in [2.75, 3.05) is 0 Å². The molecule has 0 aliphatic heterocycles. The number of aliphatic hydroxyl groups is 1. The van der Waals surface area contributed by atoms with Crippen LogP contribution in [0.1, 0.15) is 18.5 Å². The second-order valence-electron chi connectivity index (χ2n) is 2.94. The van der Waals surface area contributed by atoms with Gasteiger partial charge in [0.2, 0.25) is 0 Å². The second kappa shape index (κ2) is 4.09. The molecule has 1 aromatic rings. The van der Waals surface area contributed by atoms with Gasteiger partial charge in [0, 0.05) is 5.56 Å². The van der Waals surface area contributed by atoms with Crippen LogP contribution in [0.25, 0.3) is 0 Å². The Bertz CT molecular complexity index is 302. The van der Waals surface area contributed by atoms with E-state index in [4.69, 9.17) is 5.73 Å². The van der Waals surface area contributed by atoms with Gasteiger partial charge in [0.1, 0.15) is 5.75 Å². The van der Waals surface area contributed by atoms with Crippen LogP contribution in [0.5, 0.6) is 5.75 Å². The molecule has 0 aromatic heterocycles. The molecule has 2 atom stereocenters. The highest BCUT2D eigenvalue weighted by molar-refractivity contribution is 9.10. The summed E-state index contributed by atoms with van der Waals surface area (Å²) in [5.74, 6) is 0.0934. The standard InChI is InChI=1S/C9H12BrNO2/c1-5(12)8(11)6-3-2-4-7(10)9(6)13/h2-5,8,12-13H,11H2,1H3. The topological polar surface area (TPSA) is 66.5 Å². The smallest absolute Gasteiger partial charge is 0.134 e. The zero-order valence-corrected chi connectivity index (χ0v) is 8.82. The van der Waals surface area contributed by atoms with Gasteiger partial charge in [-0.3, -0.25) is 0 Å². The highest BCUT2D eigenvalue weighted by Gasteiger charge is 2.16. The molecule has 0 fully saturated rings. The molecule has 0 radical (unpaired) electrons. The van der Waals surface area contributed by atoms with Crippen molar-refractivity contribution in [2.45, 2.75) is 19.1 Å². The van der Waals surface area contributed by atoms with Crippen molar-refractivity contribution in [2.24, 2.45) is 5.73 Å². The van der Waals surface area contributed by atoms with E-state index < -0.39 is 12.1 Å². The maximum absolute atomic E-state index is 9.58. The first-order valence-electron chi connectivity index (χ1n) is 3.95. The highest BCUT2D eigenvalue weighted by Crippen LogP contribution is 2.31. The van der Waals surface area contributed by atoms with Gasteiger partial charge in [-0.05, 0) is 28.9 Å². The molecular formula is C9H12BrNO2. The van der Waals surface area contributed by atoms with Crippen molar-refractivity contribution in [3.8, 4) is 5.75 Å². The first kappa shape index (κ1) is 10.5. The van der Waals surface area contributed by atoms with Crippen LogP contribution in [0.2, 0.25) is 0 Å². The van der Waals surface area contributed by atoms with Crippen LogP contribution in [-0.4, -0.2) is 16.3 Å². The van der Waals surface area contributed by atoms with Gasteiger partial charge in [-0.25, -0.2) is 0 Å². The van der Waals surface area contributed by atoms with Gasteiger partial charge in [-0.15, -0.1) is 0 Å². The summed E-state index contributed by atoms with van der Waals surface area (Å²) in [7, 11) is 0. The molecule has 4 heteroatoms. The van der Waals surface area contributed by atoms with Crippen molar-refractivity contribution in [1.29, 1.82) is 0 Å². The molecule has 2 unspecified atom stereocenters. The van der Waals surface area contributed by atoms with Crippen LogP contribution in [0.3, 0.4) is 0 Å². The fourth-order valence-electron chi connectivity index (χ4n) is 1.06. The Morgan fingerprint density at radius 3 is 2.62 bits per heavy atom. The number of aromatic hydroxyl groups is 1. The number of halogens is 1. The van der Waals surface area contributed by atoms with Gasteiger partial charge >= 0.3 is 0 Å². The summed E-state index contributed by atoms with van der Waals surface area (Å²) in [5, 5.41) is 18.8. The van der Waals surface area contributed by atoms with E-state index in [2.05, 4.69) is 15.9 Å². The average Bonchev–Trinajstić information content (AvgIpc) is 2.08. The fraction of sp³-hybridized carbons (Fsp3) is 0.333. The number of aliphatic hydroxyl groups excluding tert-OH is 1. The molecule has 3 nitrogen and oxygen atoms in total. The minimum absolute atomic E-state index is 0.0934. The van der Waals surface area contributed by atoms with Gasteiger partial charge < -0.3 is 15.9 Å². The summed E-state index contributed by atoms with van der Waals surface area (Å²) in [5.41, 5.74) is 6.22. The number of nitrogens with two attached hydrogens (primary N) is 1. The van der Waals surface area contributed by atoms with E-state index in [0.717, 1.165) is 0 Å². The third-order valence-electron chi connectivity index (χ3n) is 1.90. The Labute approximate surface area is 85.3 Å². The van der Waals surface area contributed by atoms with Crippen molar-refractivity contribution < 1.29 is 10.2 Å². The van der Waals surface area contributed by atoms with E-state index in [1.54, 1.807) is 25.1 Å². The molecule has 0 aliphatic rings. The van der Waals surface area contributed by atoms with E-state index in [9.17, 15) is 10.2 Å². The molecule has 4 N–H and O–H groups in total. The summed E-state index contributed by atoms with van der Waals surface area (Å²) in [6.45, 7) is 1.59. The molecule has 0 spiro atoms. The molecule has 1 aromatic carbocycles. The molecule has 1 rings (SSSR count). The quantitative estimate of drug-likeness (QED) is 0.741. The van der Waals surface area contributed by atoms with Crippen molar-refractivity contribution in [3.05, 3.63) is 28.2 Å². The van der Waals surface area contributed by atoms with E-state index in [-0.39, 0.29) is 5.75 Å². The van der Waals surface area contributed by atoms with Crippen molar-refractivity contribution in [3.63, 3.8) is 0 Å². The molecule has 0 aliphatic carbocycles. The number of phenolic OH excluding ortho intramolecular Hbond substituents is 1. The maximum Gasteiger partial charge on any atom is 0.134 e. The van der Waals surface area contributed by atoms with Crippen LogP contribution in [0, 0.1) is 0 Å². The van der Waals surface area contributed by atoms with Gasteiger partial charge in [0.05, 0.1) is 16.6 Å². The van der Waals surface area contributed by atoms with Crippen LogP contribution in [-0.2, 0) is 0 Å². The Balaban J connectivity index is 3.07. The second-order valence-corrected chi connectivity index (χ2v) is 3.80. The van der Waals surface area contributed by atoms with Crippen LogP contribution in [0.15, 0.2) is 22.7 Å². The van der Waals surface area contributed by atoms with E-state index in [1.165, 1.54) is 0 Å². The van der Waals surface area contributed by atoms with E-state index >= 15 is 0 Å². The zero-order chi connectivity index (χ0) is 10.0. The summed E-state index contributed by atoms with van der Waals surface area (Å²) >= 11 is 3.18. The summed E-state index contributed by atoms with van der Waals surface area (Å²) in [4.78, 5) is 0. The number of hydrogen-bond donors (Lipinski definition) is 3. The van der Waals surface area contributed by atoms with Crippen molar-refractivity contribution in [1.82, 2.24) is 0 Å². The normalized spacial score (nSPS) is 15.4. The minimum atomic E-state index is -0.680. The predicted octanol–water partition coefficient (Wildman–Crippen LogP) is 1.54. The molecule has 0 saturated carbocycles. The summed E-state index contributed by atoms with van der Waals surface area (Å²) < 4.78 is 0.584. The van der Waals surface area contributed by atoms with Gasteiger partial charge in [0.15, 0.2) is 0 Å². The maximum atomic E-state index is 9.58. The zero-order valence-electron chi connectivity index (χ0n) is 7.24. The Hall–Kier alpha value is -0.580. The average molecular weight is 246 g/mol. The van der Waals surface area contributed by atoms with Gasteiger partial charge in [0.25, 0.3) is 0 Å². The van der Waals surface area contributed by atoms with Crippen LogP contribution >= 0.6 is 15.9 Å². The monoisotopic (exact) mass is 245 g/mol. The lowest BCUT2D eigenvalue weighted by atomic mass is 10.0. The first-order chi connectivity index (χ1) is 6.04. The minimum Gasteiger partial charge on any atom is -0.506 e. The SMILES string of the molecule is CC(O)C(N)c1cccc(Br)c1O. The van der Waals surface area contributed by atoms with E-state index in [1.807, 2.05) is 0 Å².